The highest BCUT2D eigenvalue weighted by Crippen LogP contribution is 2.36. The lowest BCUT2D eigenvalue weighted by molar-refractivity contribution is -0.142. The molecule has 0 radical (unpaired) electrons. The van der Waals surface area contributed by atoms with Gasteiger partial charge in [0.1, 0.15) is 5.01 Å². The summed E-state index contributed by atoms with van der Waals surface area (Å²) in [4.78, 5) is 20.4. The second-order valence-corrected chi connectivity index (χ2v) is 7.71. The molecule has 0 aliphatic carbocycles. The molecule has 0 N–H and O–H groups in total. The minimum absolute atomic E-state index is 0.179. The summed E-state index contributed by atoms with van der Waals surface area (Å²) in [6.45, 7) is 8.51. The number of esters is 1. The third-order valence-electron chi connectivity index (χ3n) is 3.77. The molecule has 3 heterocycles. The fourth-order valence-corrected chi connectivity index (χ4v) is 3.50. The van der Waals surface area contributed by atoms with Crippen LogP contribution in [-0.4, -0.2) is 32.3 Å². The Labute approximate surface area is 156 Å². The van der Waals surface area contributed by atoms with E-state index < -0.39 is 0 Å². The van der Waals surface area contributed by atoms with Crippen LogP contribution in [0.4, 0.5) is 0 Å². The number of carbonyl (C=O) groups excluding carboxylic acids is 1. The minimum Gasteiger partial charge on any atom is -0.466 e. The van der Waals surface area contributed by atoms with Crippen molar-refractivity contribution in [3.05, 3.63) is 41.8 Å². The molecular weight excluding hydrogens is 348 g/mol. The van der Waals surface area contributed by atoms with Crippen LogP contribution in [0, 0.1) is 0 Å². The quantitative estimate of drug-likeness (QED) is 0.637. The van der Waals surface area contributed by atoms with Gasteiger partial charge in [-0.25, -0.2) is 4.98 Å². The van der Waals surface area contributed by atoms with Crippen molar-refractivity contribution in [2.24, 2.45) is 0 Å². The van der Waals surface area contributed by atoms with Crippen molar-refractivity contribution in [2.75, 3.05) is 6.61 Å². The van der Waals surface area contributed by atoms with E-state index in [0.717, 1.165) is 21.8 Å². The van der Waals surface area contributed by atoms with Crippen molar-refractivity contribution in [1.82, 2.24) is 19.7 Å². The third-order valence-corrected chi connectivity index (χ3v) is 4.70. The number of hydrogen-bond donors (Lipinski definition) is 0. The lowest BCUT2D eigenvalue weighted by Gasteiger charge is -2.23. The highest BCUT2D eigenvalue weighted by Gasteiger charge is 2.24. The van der Waals surface area contributed by atoms with E-state index in [0.29, 0.717) is 12.3 Å². The number of rotatable bonds is 5. The van der Waals surface area contributed by atoms with E-state index >= 15 is 0 Å². The van der Waals surface area contributed by atoms with Gasteiger partial charge in [-0.3, -0.25) is 14.5 Å². The number of aromatic nitrogens is 4. The summed E-state index contributed by atoms with van der Waals surface area (Å²) >= 11 is 1.51. The second kappa shape index (κ2) is 7.37. The van der Waals surface area contributed by atoms with Crippen LogP contribution in [-0.2, 0) is 21.5 Å². The molecule has 0 saturated heterocycles. The first-order valence-corrected chi connectivity index (χ1v) is 9.37. The Kier molecular flexibility index (Phi) is 5.18. The molecule has 0 aromatic carbocycles. The Morgan fingerprint density at radius 1 is 1.27 bits per heavy atom. The molecule has 0 saturated carbocycles. The zero-order valence-electron chi connectivity index (χ0n) is 15.4. The van der Waals surface area contributed by atoms with E-state index in [1.165, 1.54) is 11.3 Å². The number of ether oxygens (including phenoxy) is 1. The molecule has 0 amide bonds. The van der Waals surface area contributed by atoms with Gasteiger partial charge in [0.25, 0.3) is 0 Å². The van der Waals surface area contributed by atoms with Crippen molar-refractivity contribution in [2.45, 2.75) is 39.7 Å². The van der Waals surface area contributed by atoms with Gasteiger partial charge in [0, 0.05) is 23.3 Å². The summed E-state index contributed by atoms with van der Waals surface area (Å²) in [6.07, 6.45) is 5.57. The highest BCUT2D eigenvalue weighted by atomic mass is 32.1. The molecule has 0 aliphatic heterocycles. The van der Waals surface area contributed by atoms with E-state index in [1.54, 1.807) is 19.3 Å². The summed E-state index contributed by atoms with van der Waals surface area (Å²) in [5, 5.41) is 7.35. The van der Waals surface area contributed by atoms with Crippen molar-refractivity contribution < 1.29 is 9.53 Å². The van der Waals surface area contributed by atoms with Crippen LogP contribution >= 0.6 is 11.3 Å². The monoisotopic (exact) mass is 370 g/mol. The molecule has 0 unspecified atom stereocenters. The first kappa shape index (κ1) is 18.3. The van der Waals surface area contributed by atoms with Gasteiger partial charge in [-0.1, -0.05) is 0 Å². The summed E-state index contributed by atoms with van der Waals surface area (Å²) in [6, 6.07) is 3.94. The Hall–Kier alpha value is -2.54. The Morgan fingerprint density at radius 2 is 2.00 bits per heavy atom. The number of pyridine rings is 1. The molecule has 6 nitrogen and oxygen atoms in total. The number of thiazole rings is 1. The fraction of sp³-hybridized carbons (Fsp3) is 0.368. The van der Waals surface area contributed by atoms with Crippen LogP contribution in [0.15, 0.2) is 36.1 Å². The molecule has 0 spiro atoms. The number of hydrogen-bond acceptors (Lipinski definition) is 6. The van der Waals surface area contributed by atoms with Crippen LogP contribution in [0.25, 0.3) is 21.8 Å². The molecule has 0 bridgehead atoms. The molecule has 7 heteroatoms. The maximum absolute atomic E-state index is 11.7. The van der Waals surface area contributed by atoms with Crippen LogP contribution in [0.5, 0.6) is 0 Å². The summed E-state index contributed by atoms with van der Waals surface area (Å²) < 4.78 is 7.01. The zero-order valence-corrected chi connectivity index (χ0v) is 16.2. The van der Waals surface area contributed by atoms with Gasteiger partial charge in [-0.15, -0.1) is 11.3 Å². The van der Waals surface area contributed by atoms with Gasteiger partial charge in [0.05, 0.1) is 41.7 Å². The Balaban J connectivity index is 2.02. The van der Waals surface area contributed by atoms with Crippen molar-refractivity contribution in [1.29, 1.82) is 0 Å². The SMILES string of the molecule is CCOC(=O)Cc1csc(-c2cnn(C(C)(C)C)c2-c2ccncc2)n1. The summed E-state index contributed by atoms with van der Waals surface area (Å²) in [7, 11) is 0. The highest BCUT2D eigenvalue weighted by molar-refractivity contribution is 7.13. The molecule has 0 fully saturated rings. The van der Waals surface area contributed by atoms with Crippen molar-refractivity contribution in [3.8, 4) is 21.8 Å². The molecule has 26 heavy (non-hydrogen) atoms. The summed E-state index contributed by atoms with van der Waals surface area (Å²) in [5.74, 6) is -0.260. The van der Waals surface area contributed by atoms with Gasteiger partial charge in [-0.2, -0.15) is 5.10 Å². The van der Waals surface area contributed by atoms with Crippen LogP contribution in [0.1, 0.15) is 33.4 Å². The predicted octanol–water partition coefficient (Wildman–Crippen LogP) is 3.93. The van der Waals surface area contributed by atoms with Gasteiger partial charge >= 0.3 is 5.97 Å². The van der Waals surface area contributed by atoms with E-state index in [9.17, 15) is 4.79 Å². The number of carbonyl (C=O) groups is 1. The van der Waals surface area contributed by atoms with Gasteiger partial charge in [-0.05, 0) is 39.8 Å². The fourth-order valence-electron chi connectivity index (χ4n) is 2.67. The Morgan fingerprint density at radius 3 is 2.65 bits per heavy atom. The first-order chi connectivity index (χ1) is 12.4. The van der Waals surface area contributed by atoms with Crippen molar-refractivity contribution >= 4 is 17.3 Å². The maximum atomic E-state index is 11.7. The molecular formula is C19H22N4O2S. The topological polar surface area (TPSA) is 69.9 Å². The van der Waals surface area contributed by atoms with E-state index in [4.69, 9.17) is 4.74 Å². The van der Waals surface area contributed by atoms with E-state index in [1.807, 2.05) is 28.4 Å². The van der Waals surface area contributed by atoms with Gasteiger partial charge in [0.2, 0.25) is 0 Å². The van der Waals surface area contributed by atoms with E-state index in [-0.39, 0.29) is 17.9 Å². The lowest BCUT2D eigenvalue weighted by atomic mass is 10.1. The zero-order chi connectivity index (χ0) is 18.7. The third kappa shape index (κ3) is 3.83. The molecule has 3 aromatic rings. The van der Waals surface area contributed by atoms with Gasteiger partial charge in [0.15, 0.2) is 0 Å². The molecule has 0 atom stereocenters. The number of nitrogens with zero attached hydrogens (tertiary/aromatic N) is 4. The molecule has 3 aromatic heterocycles. The van der Waals surface area contributed by atoms with Crippen molar-refractivity contribution in [3.63, 3.8) is 0 Å². The van der Waals surface area contributed by atoms with Crippen LogP contribution in [0.2, 0.25) is 0 Å². The lowest BCUT2D eigenvalue weighted by Crippen LogP contribution is -2.24. The Bertz CT molecular complexity index is 894. The molecule has 136 valence electrons. The first-order valence-electron chi connectivity index (χ1n) is 8.49. The average Bonchev–Trinajstić information content (AvgIpc) is 3.21. The van der Waals surface area contributed by atoms with E-state index in [2.05, 4.69) is 35.8 Å². The summed E-state index contributed by atoms with van der Waals surface area (Å²) in [5.41, 5.74) is 3.52. The minimum atomic E-state index is -0.260. The second-order valence-electron chi connectivity index (χ2n) is 6.85. The molecule has 0 aliphatic rings. The molecule has 3 rings (SSSR count). The van der Waals surface area contributed by atoms with Gasteiger partial charge < -0.3 is 4.74 Å². The standard InChI is InChI=1S/C19H22N4O2S/c1-5-25-16(24)10-14-12-26-18(22-14)15-11-21-23(19(2,3)4)17(15)13-6-8-20-9-7-13/h6-9,11-12H,5,10H2,1-4H3. The van der Waals surface area contributed by atoms with Crippen LogP contribution in [0.3, 0.4) is 0 Å². The maximum Gasteiger partial charge on any atom is 0.311 e. The smallest absolute Gasteiger partial charge is 0.311 e. The predicted molar refractivity (Wildman–Crippen MR) is 102 cm³/mol. The van der Waals surface area contributed by atoms with Crippen LogP contribution < -0.4 is 0 Å². The average molecular weight is 370 g/mol. The normalized spacial score (nSPS) is 11.5. The largest absolute Gasteiger partial charge is 0.466 e.